The summed E-state index contributed by atoms with van der Waals surface area (Å²) in [6.07, 6.45) is 0. The summed E-state index contributed by atoms with van der Waals surface area (Å²) in [7, 11) is 1.82. The molecule has 0 aliphatic heterocycles. The van der Waals surface area contributed by atoms with Gasteiger partial charge in [0, 0.05) is 19.2 Å². The number of nitrogens with one attached hydrogen (secondary N) is 1. The van der Waals surface area contributed by atoms with Crippen LogP contribution in [0.5, 0.6) is 0 Å². The lowest BCUT2D eigenvalue weighted by Crippen LogP contribution is -2.32. The van der Waals surface area contributed by atoms with Crippen molar-refractivity contribution >= 4 is 17.7 Å². The molecule has 3 aromatic rings. The van der Waals surface area contributed by atoms with Crippen molar-refractivity contribution in [1.82, 2.24) is 20.1 Å². The second-order valence-electron chi connectivity index (χ2n) is 5.77. The van der Waals surface area contributed by atoms with E-state index in [1.807, 2.05) is 74.6 Å². The van der Waals surface area contributed by atoms with Gasteiger partial charge >= 0.3 is 0 Å². The largest absolute Gasteiger partial charge is 0.340 e. The van der Waals surface area contributed by atoms with E-state index in [4.69, 9.17) is 0 Å². The molecular weight excluding hydrogens is 332 g/mol. The van der Waals surface area contributed by atoms with E-state index >= 15 is 0 Å². The van der Waals surface area contributed by atoms with Crippen molar-refractivity contribution in [2.24, 2.45) is 0 Å². The van der Waals surface area contributed by atoms with E-state index < -0.39 is 0 Å². The molecule has 0 spiro atoms. The van der Waals surface area contributed by atoms with Crippen LogP contribution in [0.3, 0.4) is 0 Å². The number of carbonyl (C=O) groups is 1. The molecule has 0 fully saturated rings. The summed E-state index contributed by atoms with van der Waals surface area (Å²) in [5, 5.41) is 7.46. The second-order valence-corrected chi connectivity index (χ2v) is 7.08. The van der Waals surface area contributed by atoms with Crippen molar-refractivity contribution in [3.63, 3.8) is 0 Å². The standard InChI is InChI=1S/C19H20N4OS/c1-14(18(24)23(2)13-15-9-5-3-6-10-15)25-19-20-17(21-22-19)16-11-7-4-8-12-16/h3-12,14H,13H2,1-2H3,(H,20,21,22)/t14-/m1/s1. The lowest BCUT2D eigenvalue weighted by atomic mass is 10.2. The maximum atomic E-state index is 12.6. The zero-order valence-corrected chi connectivity index (χ0v) is 15.0. The quantitative estimate of drug-likeness (QED) is 0.689. The minimum absolute atomic E-state index is 0.0555. The fraction of sp³-hybridized carbons (Fsp3) is 0.211. The maximum Gasteiger partial charge on any atom is 0.235 e. The number of benzene rings is 2. The molecule has 25 heavy (non-hydrogen) atoms. The lowest BCUT2D eigenvalue weighted by molar-refractivity contribution is -0.129. The summed E-state index contributed by atoms with van der Waals surface area (Å²) in [5.74, 6) is 0.764. The Labute approximate surface area is 151 Å². The van der Waals surface area contributed by atoms with E-state index in [1.165, 1.54) is 11.8 Å². The molecule has 1 N–H and O–H groups in total. The van der Waals surface area contributed by atoms with E-state index in [0.29, 0.717) is 17.5 Å². The van der Waals surface area contributed by atoms with Crippen molar-refractivity contribution < 1.29 is 4.79 Å². The van der Waals surface area contributed by atoms with Gasteiger partial charge in [-0.2, -0.15) is 0 Å². The Bertz CT molecular complexity index is 820. The van der Waals surface area contributed by atoms with Crippen molar-refractivity contribution in [1.29, 1.82) is 0 Å². The van der Waals surface area contributed by atoms with Crippen LogP contribution < -0.4 is 0 Å². The van der Waals surface area contributed by atoms with Gasteiger partial charge in [-0.3, -0.25) is 9.89 Å². The Hall–Kier alpha value is -2.60. The highest BCUT2D eigenvalue weighted by Gasteiger charge is 2.21. The predicted octanol–water partition coefficient (Wildman–Crippen LogP) is 3.61. The summed E-state index contributed by atoms with van der Waals surface area (Å²) in [6.45, 7) is 2.47. The monoisotopic (exact) mass is 352 g/mol. The molecule has 0 saturated carbocycles. The molecule has 1 heterocycles. The third-order valence-corrected chi connectivity index (χ3v) is 4.73. The molecule has 0 bridgehead atoms. The van der Waals surface area contributed by atoms with Crippen LogP contribution in [0.25, 0.3) is 11.4 Å². The third kappa shape index (κ3) is 4.48. The van der Waals surface area contributed by atoms with Gasteiger partial charge < -0.3 is 4.90 Å². The van der Waals surface area contributed by atoms with Crippen LogP contribution in [0, 0.1) is 0 Å². The smallest absolute Gasteiger partial charge is 0.235 e. The summed E-state index contributed by atoms with van der Waals surface area (Å²) in [6, 6.07) is 19.8. The van der Waals surface area contributed by atoms with Crippen molar-refractivity contribution in [3.05, 3.63) is 66.2 Å². The number of aromatic amines is 1. The van der Waals surface area contributed by atoms with E-state index in [2.05, 4.69) is 15.2 Å². The molecule has 0 aliphatic carbocycles. The van der Waals surface area contributed by atoms with Crippen LogP contribution in [0.2, 0.25) is 0 Å². The first-order chi connectivity index (χ1) is 12.1. The van der Waals surface area contributed by atoms with Gasteiger partial charge in [-0.15, -0.1) is 5.10 Å². The fourth-order valence-corrected chi connectivity index (χ4v) is 3.32. The Morgan fingerprint density at radius 1 is 1.12 bits per heavy atom. The lowest BCUT2D eigenvalue weighted by Gasteiger charge is -2.20. The number of thioether (sulfide) groups is 1. The van der Waals surface area contributed by atoms with Gasteiger partial charge in [0.2, 0.25) is 11.1 Å². The fourth-order valence-electron chi connectivity index (χ4n) is 2.48. The predicted molar refractivity (Wildman–Crippen MR) is 100 cm³/mol. The Morgan fingerprint density at radius 3 is 2.44 bits per heavy atom. The number of H-pyrrole nitrogens is 1. The molecule has 0 saturated heterocycles. The van der Waals surface area contributed by atoms with Crippen LogP contribution in [0.15, 0.2) is 65.8 Å². The molecule has 1 atom stereocenters. The number of aromatic nitrogens is 3. The highest BCUT2D eigenvalue weighted by molar-refractivity contribution is 8.00. The maximum absolute atomic E-state index is 12.6. The molecule has 1 amide bonds. The number of hydrogen-bond donors (Lipinski definition) is 1. The summed E-state index contributed by atoms with van der Waals surface area (Å²) < 4.78 is 0. The van der Waals surface area contributed by atoms with Crippen LogP contribution in [-0.4, -0.2) is 38.3 Å². The summed E-state index contributed by atoms with van der Waals surface area (Å²) in [5.41, 5.74) is 2.09. The number of nitrogens with zero attached hydrogens (tertiary/aromatic N) is 3. The molecule has 0 aliphatic rings. The van der Waals surface area contributed by atoms with Gasteiger partial charge in [0.15, 0.2) is 5.82 Å². The van der Waals surface area contributed by atoms with Crippen molar-refractivity contribution in [2.45, 2.75) is 23.9 Å². The number of carbonyl (C=O) groups excluding carboxylic acids is 1. The SMILES string of the molecule is C[C@@H](Sc1n[nH]c(-c2ccccc2)n1)C(=O)N(C)Cc1ccccc1. The molecule has 0 radical (unpaired) electrons. The van der Waals surface area contributed by atoms with Crippen molar-refractivity contribution in [3.8, 4) is 11.4 Å². The van der Waals surface area contributed by atoms with Gasteiger partial charge in [-0.05, 0) is 12.5 Å². The van der Waals surface area contributed by atoms with Crippen LogP contribution >= 0.6 is 11.8 Å². The first kappa shape index (κ1) is 17.2. The van der Waals surface area contributed by atoms with Crippen LogP contribution in [-0.2, 0) is 11.3 Å². The molecule has 0 unspecified atom stereocenters. The van der Waals surface area contributed by atoms with Crippen LogP contribution in [0.1, 0.15) is 12.5 Å². The van der Waals surface area contributed by atoms with E-state index in [0.717, 1.165) is 11.1 Å². The average molecular weight is 352 g/mol. The third-order valence-electron chi connectivity index (χ3n) is 3.78. The Morgan fingerprint density at radius 2 is 1.76 bits per heavy atom. The average Bonchev–Trinajstić information content (AvgIpc) is 3.11. The van der Waals surface area contributed by atoms with Crippen molar-refractivity contribution in [2.75, 3.05) is 7.05 Å². The van der Waals surface area contributed by atoms with Gasteiger partial charge in [0.1, 0.15) is 0 Å². The first-order valence-electron chi connectivity index (χ1n) is 8.07. The second kappa shape index (κ2) is 7.98. The Balaban J connectivity index is 1.61. The topological polar surface area (TPSA) is 61.9 Å². The highest BCUT2D eigenvalue weighted by atomic mass is 32.2. The van der Waals surface area contributed by atoms with Gasteiger partial charge in [0.25, 0.3) is 0 Å². The zero-order chi connectivity index (χ0) is 17.6. The first-order valence-corrected chi connectivity index (χ1v) is 8.95. The zero-order valence-electron chi connectivity index (χ0n) is 14.2. The minimum Gasteiger partial charge on any atom is -0.340 e. The molecule has 6 heteroatoms. The Kier molecular flexibility index (Phi) is 5.50. The number of hydrogen-bond acceptors (Lipinski definition) is 4. The minimum atomic E-state index is -0.256. The van der Waals surface area contributed by atoms with Crippen LogP contribution in [0.4, 0.5) is 0 Å². The van der Waals surface area contributed by atoms with Gasteiger partial charge in [-0.25, -0.2) is 4.98 Å². The van der Waals surface area contributed by atoms with E-state index in [9.17, 15) is 4.79 Å². The molecule has 2 aromatic carbocycles. The molecule has 128 valence electrons. The summed E-state index contributed by atoms with van der Waals surface area (Å²) >= 11 is 1.36. The number of rotatable bonds is 6. The van der Waals surface area contributed by atoms with Gasteiger partial charge in [-0.1, -0.05) is 72.4 Å². The highest BCUT2D eigenvalue weighted by Crippen LogP contribution is 2.23. The molecule has 5 nitrogen and oxygen atoms in total. The van der Waals surface area contributed by atoms with E-state index in [-0.39, 0.29) is 11.2 Å². The summed E-state index contributed by atoms with van der Waals surface area (Å²) in [4.78, 5) is 18.8. The van der Waals surface area contributed by atoms with E-state index in [1.54, 1.807) is 4.90 Å². The number of amides is 1. The van der Waals surface area contributed by atoms with Gasteiger partial charge in [0.05, 0.1) is 5.25 Å². The molecule has 3 rings (SSSR count). The normalized spacial score (nSPS) is 11.9. The molecular formula is C19H20N4OS. The molecule has 1 aromatic heterocycles.